The first kappa shape index (κ1) is 15.0. The Kier molecular flexibility index (Phi) is 5.98. The molecule has 1 aromatic rings. The zero-order valence-electron chi connectivity index (χ0n) is 11.9. The molecule has 0 spiro atoms. The van der Waals surface area contributed by atoms with Crippen molar-refractivity contribution in [3.8, 4) is 0 Å². The van der Waals surface area contributed by atoms with Gasteiger partial charge >= 0.3 is 0 Å². The molecule has 2 N–H and O–H groups in total. The van der Waals surface area contributed by atoms with Crippen molar-refractivity contribution in [3.63, 3.8) is 0 Å². The minimum atomic E-state index is -0.0106. The lowest BCUT2D eigenvalue weighted by Crippen LogP contribution is -2.41. The van der Waals surface area contributed by atoms with Crippen LogP contribution in [0.4, 0.5) is 0 Å². The van der Waals surface area contributed by atoms with Crippen LogP contribution in [0.2, 0.25) is 0 Å². The van der Waals surface area contributed by atoms with Gasteiger partial charge in [-0.1, -0.05) is 24.3 Å². The number of nitrogens with one attached hydrogen (secondary N) is 2. The van der Waals surface area contributed by atoms with Crippen molar-refractivity contribution in [2.45, 2.75) is 25.7 Å². The second-order valence-electron chi connectivity index (χ2n) is 4.93. The van der Waals surface area contributed by atoms with Crippen LogP contribution in [0.15, 0.2) is 24.3 Å². The standard InChI is InChI=1S/C15H22N2O3/c1-19-11-13-4-2-3-12(7-13)9-17-15(18)8-14-10-16-5-6-20-14/h2-4,7,14,16H,5-6,8-11H2,1H3,(H,17,18). The average Bonchev–Trinajstić information content (AvgIpc) is 2.47. The summed E-state index contributed by atoms with van der Waals surface area (Å²) in [4.78, 5) is 11.9. The van der Waals surface area contributed by atoms with Gasteiger partial charge in [-0.25, -0.2) is 0 Å². The predicted octanol–water partition coefficient (Wildman–Crippen LogP) is 0.828. The Hall–Kier alpha value is -1.43. The van der Waals surface area contributed by atoms with Crippen LogP contribution in [0, 0.1) is 0 Å². The molecule has 0 bridgehead atoms. The topological polar surface area (TPSA) is 59.6 Å². The third kappa shape index (κ3) is 4.92. The Bertz CT molecular complexity index is 431. The molecule has 0 aliphatic carbocycles. The van der Waals surface area contributed by atoms with E-state index in [9.17, 15) is 4.79 Å². The molecule has 5 heteroatoms. The molecular weight excluding hydrogens is 256 g/mol. The van der Waals surface area contributed by atoms with E-state index in [0.717, 1.165) is 24.2 Å². The van der Waals surface area contributed by atoms with Gasteiger partial charge in [0, 0.05) is 26.7 Å². The fraction of sp³-hybridized carbons (Fsp3) is 0.533. The summed E-state index contributed by atoms with van der Waals surface area (Å²) in [6.45, 7) is 3.41. The number of ether oxygens (including phenoxy) is 2. The summed E-state index contributed by atoms with van der Waals surface area (Å²) in [6.07, 6.45) is 0.397. The molecule has 20 heavy (non-hydrogen) atoms. The number of carbonyl (C=O) groups excluding carboxylic acids is 1. The van der Waals surface area contributed by atoms with Gasteiger partial charge in [-0.2, -0.15) is 0 Å². The highest BCUT2D eigenvalue weighted by molar-refractivity contribution is 5.76. The summed E-state index contributed by atoms with van der Waals surface area (Å²) in [5, 5.41) is 6.14. The normalized spacial score (nSPS) is 18.8. The van der Waals surface area contributed by atoms with Crippen LogP contribution in [0.5, 0.6) is 0 Å². The van der Waals surface area contributed by atoms with Gasteiger partial charge in [-0.05, 0) is 11.1 Å². The smallest absolute Gasteiger partial charge is 0.222 e. The molecule has 1 unspecified atom stereocenters. The number of hydrogen-bond donors (Lipinski definition) is 2. The fourth-order valence-electron chi connectivity index (χ4n) is 2.23. The first-order valence-electron chi connectivity index (χ1n) is 6.93. The Morgan fingerprint density at radius 1 is 1.50 bits per heavy atom. The maximum absolute atomic E-state index is 11.9. The van der Waals surface area contributed by atoms with Gasteiger partial charge in [-0.3, -0.25) is 4.79 Å². The highest BCUT2D eigenvalue weighted by Crippen LogP contribution is 2.07. The molecule has 2 rings (SSSR count). The number of benzene rings is 1. The summed E-state index contributed by atoms with van der Waals surface area (Å²) in [5.74, 6) is 0.0239. The maximum Gasteiger partial charge on any atom is 0.222 e. The van der Waals surface area contributed by atoms with Crippen LogP contribution >= 0.6 is 0 Å². The molecule has 110 valence electrons. The second-order valence-corrected chi connectivity index (χ2v) is 4.93. The molecule has 1 saturated heterocycles. The molecule has 1 aliphatic heterocycles. The van der Waals surface area contributed by atoms with Crippen molar-refractivity contribution < 1.29 is 14.3 Å². The van der Waals surface area contributed by atoms with Crippen LogP contribution < -0.4 is 10.6 Å². The van der Waals surface area contributed by atoms with Crippen molar-refractivity contribution >= 4 is 5.91 Å². The summed E-state index contributed by atoms with van der Waals surface area (Å²) < 4.78 is 10.6. The van der Waals surface area contributed by atoms with E-state index in [1.165, 1.54) is 0 Å². The lowest BCUT2D eigenvalue weighted by molar-refractivity contribution is -0.124. The molecule has 1 amide bonds. The molecule has 0 saturated carbocycles. The summed E-state index contributed by atoms with van der Waals surface area (Å²) >= 11 is 0. The number of rotatable bonds is 6. The van der Waals surface area contributed by atoms with Crippen molar-refractivity contribution in [1.29, 1.82) is 0 Å². The van der Waals surface area contributed by atoms with Crippen LogP contribution in [0.1, 0.15) is 17.5 Å². The highest BCUT2D eigenvalue weighted by Gasteiger charge is 2.16. The minimum Gasteiger partial charge on any atom is -0.380 e. The van der Waals surface area contributed by atoms with Gasteiger partial charge < -0.3 is 20.1 Å². The van der Waals surface area contributed by atoms with Gasteiger partial charge in [0.25, 0.3) is 0 Å². The molecule has 1 atom stereocenters. The van der Waals surface area contributed by atoms with E-state index in [0.29, 0.717) is 26.2 Å². The van der Waals surface area contributed by atoms with E-state index in [1.807, 2.05) is 24.3 Å². The van der Waals surface area contributed by atoms with E-state index < -0.39 is 0 Å². The maximum atomic E-state index is 11.9. The second kappa shape index (κ2) is 7.99. The summed E-state index contributed by atoms with van der Waals surface area (Å²) in [5.41, 5.74) is 2.19. The number of morpholine rings is 1. The molecule has 5 nitrogen and oxygen atoms in total. The monoisotopic (exact) mass is 278 g/mol. The van der Waals surface area contributed by atoms with Crippen molar-refractivity contribution in [2.75, 3.05) is 26.8 Å². The van der Waals surface area contributed by atoms with E-state index >= 15 is 0 Å². The van der Waals surface area contributed by atoms with E-state index in [-0.39, 0.29) is 12.0 Å². The van der Waals surface area contributed by atoms with Crippen LogP contribution in [0.3, 0.4) is 0 Å². The molecular formula is C15H22N2O3. The van der Waals surface area contributed by atoms with Crippen molar-refractivity contribution in [3.05, 3.63) is 35.4 Å². The van der Waals surface area contributed by atoms with Crippen molar-refractivity contribution in [2.24, 2.45) is 0 Å². The number of amides is 1. The Labute approximate surface area is 119 Å². The van der Waals surface area contributed by atoms with E-state index in [2.05, 4.69) is 10.6 Å². The fourth-order valence-corrected chi connectivity index (χ4v) is 2.23. The molecule has 1 fully saturated rings. The minimum absolute atomic E-state index is 0.0106. The van der Waals surface area contributed by atoms with E-state index in [4.69, 9.17) is 9.47 Å². The summed E-state index contributed by atoms with van der Waals surface area (Å²) in [7, 11) is 1.67. The first-order chi connectivity index (χ1) is 9.78. The summed E-state index contributed by atoms with van der Waals surface area (Å²) in [6, 6.07) is 8.03. The van der Waals surface area contributed by atoms with Gasteiger partial charge in [0.2, 0.25) is 5.91 Å². The molecule has 0 radical (unpaired) electrons. The van der Waals surface area contributed by atoms with Crippen LogP contribution in [0.25, 0.3) is 0 Å². The van der Waals surface area contributed by atoms with Gasteiger partial charge in [-0.15, -0.1) is 0 Å². The lowest BCUT2D eigenvalue weighted by atomic mass is 10.1. The quantitative estimate of drug-likeness (QED) is 0.809. The zero-order valence-corrected chi connectivity index (χ0v) is 11.9. The number of methoxy groups -OCH3 is 1. The molecule has 1 aliphatic rings. The highest BCUT2D eigenvalue weighted by atomic mass is 16.5. The third-order valence-electron chi connectivity index (χ3n) is 3.21. The largest absolute Gasteiger partial charge is 0.380 e. The van der Waals surface area contributed by atoms with Gasteiger partial charge in [0.15, 0.2) is 0 Å². The lowest BCUT2D eigenvalue weighted by Gasteiger charge is -2.23. The molecule has 1 heterocycles. The SMILES string of the molecule is COCc1cccc(CNC(=O)CC2CNCCO2)c1. The van der Waals surface area contributed by atoms with Crippen LogP contribution in [-0.2, 0) is 27.4 Å². The Balaban J connectivity index is 1.76. The third-order valence-corrected chi connectivity index (χ3v) is 3.21. The average molecular weight is 278 g/mol. The van der Waals surface area contributed by atoms with Crippen molar-refractivity contribution in [1.82, 2.24) is 10.6 Å². The Morgan fingerprint density at radius 2 is 2.35 bits per heavy atom. The number of carbonyl (C=O) groups is 1. The van der Waals surface area contributed by atoms with Gasteiger partial charge in [0.05, 0.1) is 25.7 Å². The zero-order chi connectivity index (χ0) is 14.2. The van der Waals surface area contributed by atoms with Gasteiger partial charge in [0.1, 0.15) is 0 Å². The van der Waals surface area contributed by atoms with Crippen LogP contribution in [-0.4, -0.2) is 38.8 Å². The number of hydrogen-bond acceptors (Lipinski definition) is 4. The predicted molar refractivity (Wildman–Crippen MR) is 76.2 cm³/mol. The first-order valence-corrected chi connectivity index (χ1v) is 6.93. The van der Waals surface area contributed by atoms with E-state index in [1.54, 1.807) is 7.11 Å². The molecule has 1 aromatic carbocycles. The Morgan fingerprint density at radius 3 is 3.10 bits per heavy atom. The molecule has 0 aromatic heterocycles.